The molecule has 0 amide bonds. The smallest absolute Gasteiger partial charge is 0.350 e. The Morgan fingerprint density at radius 1 is 1.16 bits per heavy atom. The fraction of sp³-hybridized carbons (Fsp3) is 0.333. The molecule has 0 unspecified atom stereocenters. The molecule has 0 radical (unpaired) electrons. The van der Waals surface area contributed by atoms with Crippen molar-refractivity contribution in [2.45, 2.75) is 12.7 Å². The van der Waals surface area contributed by atoms with E-state index in [9.17, 15) is 9.59 Å². The molecule has 3 rings (SSSR count). The van der Waals surface area contributed by atoms with Gasteiger partial charge in [0.05, 0.1) is 9.11 Å². The zero-order chi connectivity index (χ0) is 13.5. The van der Waals surface area contributed by atoms with E-state index < -0.39 is 17.7 Å². The van der Waals surface area contributed by atoms with E-state index in [1.807, 2.05) is 11.4 Å². The van der Waals surface area contributed by atoms with Gasteiger partial charge in [-0.3, -0.25) is 0 Å². The van der Waals surface area contributed by atoms with Crippen LogP contribution in [0.1, 0.15) is 11.8 Å². The van der Waals surface area contributed by atoms with Crippen molar-refractivity contribution in [1.29, 1.82) is 0 Å². The highest BCUT2D eigenvalue weighted by molar-refractivity contribution is 8.25. The summed E-state index contributed by atoms with van der Waals surface area (Å²) in [5.74, 6) is -0.702. The van der Waals surface area contributed by atoms with Gasteiger partial charge in [-0.2, -0.15) is 0 Å². The minimum Gasteiger partial charge on any atom is -0.413 e. The Labute approximate surface area is 122 Å². The molecule has 100 valence electrons. The maximum Gasteiger partial charge on any atom is 0.350 e. The molecule has 0 atom stereocenters. The van der Waals surface area contributed by atoms with E-state index in [1.54, 1.807) is 13.0 Å². The van der Waals surface area contributed by atoms with Gasteiger partial charge in [0.15, 0.2) is 5.57 Å². The van der Waals surface area contributed by atoms with Crippen LogP contribution < -0.4 is 0 Å². The third-order valence-corrected chi connectivity index (χ3v) is 6.47. The molecule has 1 aromatic heterocycles. The lowest BCUT2D eigenvalue weighted by molar-refractivity contribution is -0.232. The Balaban J connectivity index is 1.93. The average Bonchev–Trinajstić information content (AvgIpc) is 3.01. The summed E-state index contributed by atoms with van der Waals surface area (Å²) in [6.07, 6.45) is 0. The highest BCUT2D eigenvalue weighted by Crippen LogP contribution is 2.43. The fourth-order valence-electron chi connectivity index (χ4n) is 1.82. The van der Waals surface area contributed by atoms with Gasteiger partial charge in [-0.15, -0.1) is 34.9 Å². The highest BCUT2D eigenvalue weighted by Gasteiger charge is 2.46. The zero-order valence-electron chi connectivity index (χ0n) is 10.0. The molecular weight excluding hydrogens is 304 g/mol. The summed E-state index contributed by atoms with van der Waals surface area (Å²) in [5.41, 5.74) is 0.0431. The lowest BCUT2D eigenvalue weighted by Gasteiger charge is -2.32. The molecule has 0 aromatic carbocycles. The molecule has 1 aromatic rings. The molecule has 2 fully saturated rings. The highest BCUT2D eigenvalue weighted by atomic mass is 32.2. The van der Waals surface area contributed by atoms with E-state index in [-0.39, 0.29) is 5.57 Å². The number of cyclic esters (lactones) is 2. The van der Waals surface area contributed by atoms with Crippen LogP contribution in [0, 0.1) is 0 Å². The van der Waals surface area contributed by atoms with Crippen LogP contribution in [0.5, 0.6) is 0 Å². The summed E-state index contributed by atoms with van der Waals surface area (Å²) in [4.78, 5) is 24.9. The van der Waals surface area contributed by atoms with Crippen LogP contribution in [0.2, 0.25) is 0 Å². The van der Waals surface area contributed by atoms with Crippen LogP contribution in [-0.2, 0) is 24.8 Å². The van der Waals surface area contributed by atoms with E-state index in [2.05, 4.69) is 0 Å². The van der Waals surface area contributed by atoms with Crippen molar-refractivity contribution in [2.24, 2.45) is 0 Å². The lowest BCUT2D eigenvalue weighted by Crippen LogP contribution is -2.41. The van der Waals surface area contributed by atoms with Crippen LogP contribution in [0.4, 0.5) is 0 Å². The topological polar surface area (TPSA) is 52.6 Å². The average molecular weight is 314 g/mol. The second kappa shape index (κ2) is 4.88. The number of rotatable bonds is 1. The number of carbonyl (C=O) groups is 2. The first-order valence-corrected chi connectivity index (χ1v) is 8.46. The first-order valence-electron chi connectivity index (χ1n) is 5.61. The number of thioether (sulfide) groups is 2. The molecule has 7 heteroatoms. The van der Waals surface area contributed by atoms with Crippen molar-refractivity contribution in [3.8, 4) is 0 Å². The quantitative estimate of drug-likeness (QED) is 0.451. The second-order valence-electron chi connectivity index (χ2n) is 4.06. The number of esters is 2. The van der Waals surface area contributed by atoms with Crippen molar-refractivity contribution < 1.29 is 19.1 Å². The summed E-state index contributed by atoms with van der Waals surface area (Å²) in [6, 6.07) is 3.60. The van der Waals surface area contributed by atoms with Crippen molar-refractivity contribution in [3.05, 3.63) is 32.2 Å². The maximum absolute atomic E-state index is 12.1. The molecular formula is C12H10O4S3. The Morgan fingerprint density at radius 2 is 1.79 bits per heavy atom. The van der Waals surface area contributed by atoms with Gasteiger partial charge in [0.25, 0.3) is 5.79 Å². The van der Waals surface area contributed by atoms with Crippen molar-refractivity contribution in [2.75, 3.05) is 11.5 Å². The standard InChI is InChI=1S/C12H10O4S3/c1-12(7-3-2-4-17-7)15-9(13)8(10(14)16-12)11-18-5-6-19-11/h2-4H,5-6H2,1H3. The predicted octanol–water partition coefficient (Wildman–Crippen LogP) is 2.71. The summed E-state index contributed by atoms with van der Waals surface area (Å²) >= 11 is 4.38. The zero-order valence-corrected chi connectivity index (χ0v) is 12.5. The molecule has 19 heavy (non-hydrogen) atoms. The molecule has 4 nitrogen and oxygen atoms in total. The van der Waals surface area contributed by atoms with Gasteiger partial charge in [0, 0.05) is 18.4 Å². The van der Waals surface area contributed by atoms with Crippen molar-refractivity contribution in [1.82, 2.24) is 0 Å². The second-order valence-corrected chi connectivity index (χ2v) is 7.48. The third kappa shape index (κ3) is 2.30. The summed E-state index contributed by atoms with van der Waals surface area (Å²) in [6.45, 7) is 1.59. The molecule has 0 bridgehead atoms. The minimum absolute atomic E-state index is 0.0431. The molecule has 0 saturated carbocycles. The maximum atomic E-state index is 12.1. The van der Waals surface area contributed by atoms with E-state index in [0.717, 1.165) is 11.5 Å². The van der Waals surface area contributed by atoms with Gasteiger partial charge in [-0.05, 0) is 11.4 Å². The number of ether oxygens (including phenoxy) is 2. The van der Waals surface area contributed by atoms with Crippen molar-refractivity contribution >= 4 is 46.8 Å². The molecule has 3 heterocycles. The Hall–Kier alpha value is -0.920. The molecule has 2 aliphatic rings. The van der Waals surface area contributed by atoms with E-state index >= 15 is 0 Å². The lowest BCUT2D eigenvalue weighted by atomic mass is 10.2. The Kier molecular flexibility index (Phi) is 3.36. The van der Waals surface area contributed by atoms with E-state index in [4.69, 9.17) is 9.47 Å². The molecule has 2 aliphatic heterocycles. The summed E-state index contributed by atoms with van der Waals surface area (Å²) < 4.78 is 11.4. The first-order chi connectivity index (χ1) is 9.10. The van der Waals surface area contributed by atoms with Crippen LogP contribution in [0.15, 0.2) is 27.3 Å². The van der Waals surface area contributed by atoms with Gasteiger partial charge < -0.3 is 9.47 Å². The van der Waals surface area contributed by atoms with E-state index in [0.29, 0.717) is 9.11 Å². The van der Waals surface area contributed by atoms with Gasteiger partial charge in [0.2, 0.25) is 0 Å². The Morgan fingerprint density at radius 3 is 2.32 bits per heavy atom. The number of thiophene rings is 1. The van der Waals surface area contributed by atoms with Gasteiger partial charge >= 0.3 is 11.9 Å². The van der Waals surface area contributed by atoms with Crippen LogP contribution in [0.25, 0.3) is 0 Å². The predicted molar refractivity (Wildman–Crippen MR) is 75.8 cm³/mol. The third-order valence-electron chi connectivity index (χ3n) is 2.71. The van der Waals surface area contributed by atoms with Crippen LogP contribution in [-0.4, -0.2) is 23.4 Å². The number of hydrogen-bond acceptors (Lipinski definition) is 7. The van der Waals surface area contributed by atoms with E-state index in [1.165, 1.54) is 34.9 Å². The molecule has 0 aliphatic carbocycles. The largest absolute Gasteiger partial charge is 0.413 e. The fourth-order valence-corrected chi connectivity index (χ4v) is 5.07. The van der Waals surface area contributed by atoms with Gasteiger partial charge in [0.1, 0.15) is 0 Å². The molecule has 0 spiro atoms. The first kappa shape index (κ1) is 13.1. The Bertz CT molecular complexity index is 534. The normalized spacial score (nSPS) is 27.4. The SMILES string of the molecule is CC1(c2cccs2)OC(=O)C(=C2SCCS2)C(=O)O1. The number of carbonyl (C=O) groups excluding carboxylic acids is 2. The molecule has 0 N–H and O–H groups in total. The van der Waals surface area contributed by atoms with Crippen LogP contribution >= 0.6 is 34.9 Å². The van der Waals surface area contributed by atoms with Gasteiger partial charge in [-0.25, -0.2) is 9.59 Å². The monoisotopic (exact) mass is 314 g/mol. The van der Waals surface area contributed by atoms with Crippen molar-refractivity contribution in [3.63, 3.8) is 0 Å². The summed E-state index contributed by atoms with van der Waals surface area (Å²) in [5, 5.41) is 1.85. The van der Waals surface area contributed by atoms with Crippen LogP contribution in [0.3, 0.4) is 0 Å². The minimum atomic E-state index is -1.31. The number of hydrogen-bond donors (Lipinski definition) is 0. The summed E-state index contributed by atoms with van der Waals surface area (Å²) in [7, 11) is 0. The molecule has 2 saturated heterocycles. The van der Waals surface area contributed by atoms with Gasteiger partial charge in [-0.1, -0.05) is 6.07 Å².